The first-order chi connectivity index (χ1) is 12.6. The van der Waals surface area contributed by atoms with Crippen molar-refractivity contribution in [3.8, 4) is 11.5 Å². The van der Waals surface area contributed by atoms with Gasteiger partial charge >= 0.3 is 0 Å². The Bertz CT molecular complexity index is 1040. The standard InChI is InChI=1S/C19H17N3O4/c1-12(13-6-7-17-18(8-13)26-11-25-17)21-19(24)10-22-15-5-3-2-4-14(15)16(23)9-20-22/h2-9,12H,10-11H2,1H3,(H,21,24)/t12-/m0/s1. The number of amides is 1. The average molecular weight is 351 g/mol. The molecule has 0 bridgehead atoms. The van der Waals surface area contributed by atoms with E-state index in [1.54, 1.807) is 18.2 Å². The van der Waals surface area contributed by atoms with Crippen molar-refractivity contribution in [1.29, 1.82) is 0 Å². The van der Waals surface area contributed by atoms with Crippen LogP contribution in [0.25, 0.3) is 10.9 Å². The summed E-state index contributed by atoms with van der Waals surface area (Å²) in [5.41, 5.74) is 1.39. The number of benzene rings is 2. The summed E-state index contributed by atoms with van der Waals surface area (Å²) in [6.45, 7) is 2.13. The molecule has 1 aliphatic heterocycles. The van der Waals surface area contributed by atoms with Crippen LogP contribution in [0.4, 0.5) is 0 Å². The van der Waals surface area contributed by atoms with E-state index in [1.807, 2.05) is 31.2 Å². The fourth-order valence-corrected chi connectivity index (χ4v) is 2.98. The molecule has 0 saturated carbocycles. The Morgan fingerprint density at radius 3 is 2.92 bits per heavy atom. The lowest BCUT2D eigenvalue weighted by molar-refractivity contribution is -0.122. The molecule has 1 N–H and O–H groups in total. The van der Waals surface area contributed by atoms with Crippen LogP contribution in [0.2, 0.25) is 0 Å². The average Bonchev–Trinajstić information content (AvgIpc) is 3.12. The molecule has 1 aromatic heterocycles. The monoisotopic (exact) mass is 351 g/mol. The number of fused-ring (bicyclic) bond motifs is 2. The SMILES string of the molecule is C[C@H](NC(=O)Cn1ncc(=O)c2ccccc21)c1ccc2c(c1)OCO2. The van der Waals surface area contributed by atoms with Gasteiger partial charge in [-0.25, -0.2) is 0 Å². The highest BCUT2D eigenvalue weighted by atomic mass is 16.7. The van der Waals surface area contributed by atoms with Crippen molar-refractivity contribution in [3.05, 3.63) is 64.4 Å². The van der Waals surface area contributed by atoms with E-state index in [0.717, 1.165) is 5.56 Å². The molecule has 4 rings (SSSR count). The zero-order valence-corrected chi connectivity index (χ0v) is 14.1. The Morgan fingerprint density at radius 1 is 1.23 bits per heavy atom. The van der Waals surface area contributed by atoms with Crippen LogP contribution in [0.3, 0.4) is 0 Å². The molecule has 0 fully saturated rings. The molecule has 26 heavy (non-hydrogen) atoms. The molecule has 0 unspecified atom stereocenters. The smallest absolute Gasteiger partial charge is 0.242 e. The van der Waals surface area contributed by atoms with Crippen LogP contribution in [-0.2, 0) is 11.3 Å². The minimum Gasteiger partial charge on any atom is -0.454 e. The highest BCUT2D eigenvalue weighted by Crippen LogP contribution is 2.34. The predicted molar refractivity (Wildman–Crippen MR) is 95.1 cm³/mol. The van der Waals surface area contributed by atoms with Crippen molar-refractivity contribution < 1.29 is 14.3 Å². The lowest BCUT2D eigenvalue weighted by Crippen LogP contribution is -2.31. The maximum absolute atomic E-state index is 12.5. The highest BCUT2D eigenvalue weighted by Gasteiger charge is 2.17. The fourth-order valence-electron chi connectivity index (χ4n) is 2.98. The molecule has 1 aliphatic rings. The Balaban J connectivity index is 1.51. The largest absolute Gasteiger partial charge is 0.454 e. The van der Waals surface area contributed by atoms with E-state index in [1.165, 1.54) is 10.9 Å². The normalized spacial score (nSPS) is 13.6. The van der Waals surface area contributed by atoms with E-state index >= 15 is 0 Å². The second kappa shape index (κ2) is 6.51. The second-order valence-electron chi connectivity index (χ2n) is 6.09. The Morgan fingerprint density at radius 2 is 2.04 bits per heavy atom. The predicted octanol–water partition coefficient (Wildman–Crippen LogP) is 2.00. The van der Waals surface area contributed by atoms with Crippen molar-refractivity contribution in [1.82, 2.24) is 15.1 Å². The van der Waals surface area contributed by atoms with Gasteiger partial charge in [0.15, 0.2) is 11.5 Å². The minimum atomic E-state index is -0.206. The molecule has 2 aromatic carbocycles. The zero-order valence-electron chi connectivity index (χ0n) is 14.1. The Hall–Kier alpha value is -3.35. The maximum Gasteiger partial charge on any atom is 0.242 e. The van der Waals surface area contributed by atoms with Crippen LogP contribution < -0.4 is 20.2 Å². The van der Waals surface area contributed by atoms with Gasteiger partial charge in [0.2, 0.25) is 18.1 Å². The van der Waals surface area contributed by atoms with Gasteiger partial charge in [0, 0.05) is 5.39 Å². The van der Waals surface area contributed by atoms with E-state index in [9.17, 15) is 9.59 Å². The fraction of sp³-hybridized carbons (Fsp3) is 0.211. The number of rotatable bonds is 4. The van der Waals surface area contributed by atoms with Crippen molar-refractivity contribution >= 4 is 16.8 Å². The number of carbonyl (C=O) groups excluding carboxylic acids is 1. The number of carbonyl (C=O) groups is 1. The molecular weight excluding hydrogens is 334 g/mol. The lowest BCUT2D eigenvalue weighted by atomic mass is 10.1. The van der Waals surface area contributed by atoms with Gasteiger partial charge in [0.1, 0.15) is 6.54 Å². The highest BCUT2D eigenvalue weighted by molar-refractivity contribution is 5.81. The van der Waals surface area contributed by atoms with E-state index in [4.69, 9.17) is 9.47 Å². The molecular formula is C19H17N3O4. The van der Waals surface area contributed by atoms with E-state index in [0.29, 0.717) is 22.4 Å². The summed E-state index contributed by atoms with van der Waals surface area (Å²) in [5.74, 6) is 1.18. The number of hydrogen-bond donors (Lipinski definition) is 1. The number of para-hydroxylation sites is 1. The number of nitrogens with zero attached hydrogens (tertiary/aromatic N) is 2. The van der Waals surface area contributed by atoms with Gasteiger partial charge in [-0.15, -0.1) is 0 Å². The first kappa shape index (κ1) is 16.1. The minimum absolute atomic E-state index is 0.0235. The first-order valence-corrected chi connectivity index (χ1v) is 8.25. The Labute approximate surface area is 149 Å². The van der Waals surface area contributed by atoms with E-state index in [2.05, 4.69) is 10.4 Å². The van der Waals surface area contributed by atoms with Gasteiger partial charge in [-0.2, -0.15) is 5.10 Å². The first-order valence-electron chi connectivity index (χ1n) is 8.25. The third-order valence-corrected chi connectivity index (χ3v) is 4.33. The summed E-state index contributed by atoms with van der Waals surface area (Å²) in [4.78, 5) is 24.3. The molecule has 0 spiro atoms. The van der Waals surface area contributed by atoms with Crippen molar-refractivity contribution in [2.75, 3.05) is 6.79 Å². The van der Waals surface area contributed by atoms with Gasteiger partial charge in [-0.05, 0) is 36.8 Å². The maximum atomic E-state index is 12.5. The van der Waals surface area contributed by atoms with Gasteiger partial charge in [0.25, 0.3) is 0 Å². The number of nitrogens with one attached hydrogen (secondary N) is 1. The lowest BCUT2D eigenvalue weighted by Gasteiger charge is -2.16. The zero-order chi connectivity index (χ0) is 18.1. The molecule has 0 radical (unpaired) electrons. The summed E-state index contributed by atoms with van der Waals surface area (Å²) in [6, 6.07) is 12.5. The van der Waals surface area contributed by atoms with Crippen molar-refractivity contribution in [3.63, 3.8) is 0 Å². The van der Waals surface area contributed by atoms with E-state index < -0.39 is 0 Å². The Kier molecular flexibility index (Phi) is 4.04. The molecule has 3 aromatic rings. The van der Waals surface area contributed by atoms with Crippen molar-refractivity contribution in [2.24, 2.45) is 0 Å². The van der Waals surface area contributed by atoms with E-state index in [-0.39, 0.29) is 30.7 Å². The molecule has 7 heteroatoms. The molecule has 2 heterocycles. The molecule has 7 nitrogen and oxygen atoms in total. The molecule has 1 atom stereocenters. The summed E-state index contributed by atoms with van der Waals surface area (Å²) < 4.78 is 12.2. The second-order valence-corrected chi connectivity index (χ2v) is 6.09. The molecule has 132 valence electrons. The molecule has 1 amide bonds. The molecule has 0 saturated heterocycles. The summed E-state index contributed by atoms with van der Waals surface area (Å²) in [6.07, 6.45) is 1.23. The van der Waals surface area contributed by atoms with Crippen LogP contribution in [0.5, 0.6) is 11.5 Å². The third kappa shape index (κ3) is 2.99. The van der Waals surface area contributed by atoms with Gasteiger partial charge in [-0.3, -0.25) is 14.3 Å². The quantitative estimate of drug-likeness (QED) is 0.777. The van der Waals surface area contributed by atoms with Crippen molar-refractivity contribution in [2.45, 2.75) is 19.5 Å². The third-order valence-electron chi connectivity index (χ3n) is 4.33. The summed E-state index contributed by atoms with van der Waals surface area (Å²) >= 11 is 0. The number of aromatic nitrogens is 2. The van der Waals surface area contributed by atoms with Gasteiger partial charge < -0.3 is 14.8 Å². The van der Waals surface area contributed by atoms with Crippen LogP contribution in [-0.4, -0.2) is 22.5 Å². The van der Waals surface area contributed by atoms with Gasteiger partial charge in [0.05, 0.1) is 17.8 Å². The molecule has 0 aliphatic carbocycles. The number of hydrogen-bond acceptors (Lipinski definition) is 5. The number of ether oxygens (including phenoxy) is 2. The van der Waals surface area contributed by atoms with Crippen LogP contribution in [0.1, 0.15) is 18.5 Å². The summed E-state index contributed by atoms with van der Waals surface area (Å²) in [5, 5.41) is 7.56. The van der Waals surface area contributed by atoms with Crippen LogP contribution in [0, 0.1) is 0 Å². The van der Waals surface area contributed by atoms with Gasteiger partial charge in [-0.1, -0.05) is 18.2 Å². The summed E-state index contributed by atoms with van der Waals surface area (Å²) in [7, 11) is 0. The van der Waals surface area contributed by atoms with Crippen LogP contribution >= 0.6 is 0 Å². The van der Waals surface area contributed by atoms with Crippen LogP contribution in [0.15, 0.2) is 53.5 Å². The topological polar surface area (TPSA) is 82.5 Å².